The number of amides is 1. The Morgan fingerprint density at radius 2 is 2.06 bits per heavy atom. The number of hydrogen-bond donors (Lipinski definition) is 2. The Bertz CT molecular complexity index is 481. The van der Waals surface area contributed by atoms with Crippen molar-refractivity contribution in [2.24, 2.45) is 0 Å². The van der Waals surface area contributed by atoms with Gasteiger partial charge in [0.15, 0.2) is 5.01 Å². The smallest absolute Gasteiger partial charge is 0.284 e. The third kappa shape index (κ3) is 2.38. The summed E-state index contributed by atoms with van der Waals surface area (Å²) in [4.78, 5) is 15.9. The van der Waals surface area contributed by atoms with Crippen molar-refractivity contribution in [1.29, 1.82) is 0 Å². The Morgan fingerprint density at radius 1 is 1.31 bits per heavy atom. The van der Waals surface area contributed by atoms with Crippen LogP contribution < -0.4 is 10.6 Å². The number of carbonyl (C=O) groups is 1. The third-order valence-corrected chi connectivity index (χ3v) is 2.83. The van der Waals surface area contributed by atoms with E-state index in [0.29, 0.717) is 10.8 Å². The first-order chi connectivity index (χ1) is 7.79. The lowest BCUT2D eigenvalue weighted by Crippen LogP contribution is -2.11. The summed E-state index contributed by atoms with van der Waals surface area (Å²) in [6.45, 7) is 0. The largest absolute Gasteiger partial charge is 0.372 e. The molecule has 0 unspecified atom stereocenters. The molecular weight excluding hydrogens is 222 g/mol. The predicted octanol–water partition coefficient (Wildman–Crippen LogP) is 2.44. The second-order valence-electron chi connectivity index (χ2n) is 3.11. The zero-order valence-electron chi connectivity index (χ0n) is 8.73. The zero-order chi connectivity index (χ0) is 11.4. The van der Waals surface area contributed by atoms with Crippen LogP contribution in [0.5, 0.6) is 0 Å². The number of hydrogen-bond acceptors (Lipinski definition) is 4. The molecule has 82 valence electrons. The van der Waals surface area contributed by atoms with Crippen LogP contribution in [0.15, 0.2) is 35.7 Å². The van der Waals surface area contributed by atoms with Crippen LogP contribution in [0.2, 0.25) is 0 Å². The van der Waals surface area contributed by atoms with E-state index in [4.69, 9.17) is 0 Å². The molecule has 2 rings (SSSR count). The Balaban J connectivity index is 2.09. The van der Waals surface area contributed by atoms with Crippen molar-refractivity contribution in [1.82, 2.24) is 4.98 Å². The maximum atomic E-state index is 11.8. The number of carbonyl (C=O) groups excluding carboxylic acids is 1. The minimum atomic E-state index is -0.183. The quantitative estimate of drug-likeness (QED) is 0.856. The van der Waals surface area contributed by atoms with Crippen molar-refractivity contribution in [3.8, 4) is 0 Å². The standard InChI is InChI=1S/C11H11N3OS/c1-12-9-7-16-11(14-9)10(15)13-8-5-3-2-4-6-8/h2-7,12H,1H3,(H,13,15). The number of aromatic nitrogens is 1. The number of rotatable bonds is 3. The van der Waals surface area contributed by atoms with E-state index >= 15 is 0 Å². The fraction of sp³-hybridized carbons (Fsp3) is 0.0909. The van der Waals surface area contributed by atoms with Crippen LogP contribution in [-0.4, -0.2) is 17.9 Å². The molecule has 16 heavy (non-hydrogen) atoms. The van der Waals surface area contributed by atoms with Gasteiger partial charge in [0.05, 0.1) is 0 Å². The van der Waals surface area contributed by atoms with Gasteiger partial charge in [0.2, 0.25) is 0 Å². The van der Waals surface area contributed by atoms with Crippen molar-refractivity contribution < 1.29 is 4.79 Å². The first-order valence-corrected chi connectivity index (χ1v) is 5.67. The van der Waals surface area contributed by atoms with Crippen LogP contribution in [-0.2, 0) is 0 Å². The molecule has 4 nitrogen and oxygen atoms in total. The van der Waals surface area contributed by atoms with Crippen molar-refractivity contribution in [2.45, 2.75) is 0 Å². The zero-order valence-corrected chi connectivity index (χ0v) is 9.54. The molecule has 1 amide bonds. The Morgan fingerprint density at radius 3 is 2.69 bits per heavy atom. The molecule has 0 aliphatic carbocycles. The Labute approximate surface area is 97.3 Å². The van der Waals surface area contributed by atoms with Crippen molar-refractivity contribution >= 4 is 28.7 Å². The molecule has 0 atom stereocenters. The van der Waals surface area contributed by atoms with Gasteiger partial charge in [-0.05, 0) is 12.1 Å². The van der Waals surface area contributed by atoms with Crippen molar-refractivity contribution in [3.05, 3.63) is 40.7 Å². The predicted molar refractivity (Wildman–Crippen MR) is 66.1 cm³/mol. The van der Waals surface area contributed by atoms with Crippen LogP contribution in [0.3, 0.4) is 0 Å². The number of nitrogens with one attached hydrogen (secondary N) is 2. The molecule has 0 saturated carbocycles. The van der Waals surface area contributed by atoms with Gasteiger partial charge in [0, 0.05) is 18.1 Å². The number of anilines is 2. The van der Waals surface area contributed by atoms with Gasteiger partial charge >= 0.3 is 0 Å². The lowest BCUT2D eigenvalue weighted by atomic mass is 10.3. The van der Waals surface area contributed by atoms with Crippen LogP contribution in [0, 0.1) is 0 Å². The van der Waals surface area contributed by atoms with Crippen LogP contribution in [0.4, 0.5) is 11.5 Å². The summed E-state index contributed by atoms with van der Waals surface area (Å²) < 4.78 is 0. The van der Waals surface area contributed by atoms with E-state index in [0.717, 1.165) is 5.69 Å². The molecular formula is C11H11N3OS. The summed E-state index contributed by atoms with van der Waals surface area (Å²) >= 11 is 1.32. The SMILES string of the molecule is CNc1csc(C(=O)Nc2ccccc2)n1. The molecule has 1 aromatic carbocycles. The highest BCUT2D eigenvalue weighted by Gasteiger charge is 2.10. The number of benzene rings is 1. The highest BCUT2D eigenvalue weighted by Crippen LogP contribution is 2.15. The maximum absolute atomic E-state index is 11.8. The minimum Gasteiger partial charge on any atom is -0.372 e. The van der Waals surface area contributed by atoms with Gasteiger partial charge in [0.25, 0.3) is 5.91 Å². The molecule has 0 aliphatic heterocycles. The van der Waals surface area contributed by atoms with E-state index in [2.05, 4.69) is 15.6 Å². The molecule has 0 fully saturated rings. The second kappa shape index (κ2) is 4.76. The van der Waals surface area contributed by atoms with Gasteiger partial charge in [-0.25, -0.2) is 4.98 Å². The highest BCUT2D eigenvalue weighted by atomic mass is 32.1. The average molecular weight is 233 g/mol. The Kier molecular flexibility index (Phi) is 3.16. The fourth-order valence-corrected chi connectivity index (χ4v) is 1.90. The summed E-state index contributed by atoms with van der Waals surface area (Å²) in [7, 11) is 1.77. The van der Waals surface area contributed by atoms with E-state index in [-0.39, 0.29) is 5.91 Å². The Hall–Kier alpha value is -1.88. The third-order valence-electron chi connectivity index (χ3n) is 1.99. The van der Waals surface area contributed by atoms with Crippen LogP contribution in [0.1, 0.15) is 9.80 Å². The lowest BCUT2D eigenvalue weighted by molar-refractivity contribution is 0.102. The summed E-state index contributed by atoms with van der Waals surface area (Å²) in [5, 5.41) is 7.92. The maximum Gasteiger partial charge on any atom is 0.284 e. The topological polar surface area (TPSA) is 54.0 Å². The van der Waals surface area contributed by atoms with E-state index in [1.165, 1.54) is 11.3 Å². The summed E-state index contributed by atoms with van der Waals surface area (Å²) in [6.07, 6.45) is 0. The lowest BCUT2D eigenvalue weighted by Gasteiger charge is -2.01. The van der Waals surface area contributed by atoms with Gasteiger partial charge in [-0.3, -0.25) is 4.79 Å². The average Bonchev–Trinajstić information content (AvgIpc) is 2.79. The molecule has 0 spiro atoms. The van der Waals surface area contributed by atoms with Crippen LogP contribution >= 0.6 is 11.3 Å². The minimum absolute atomic E-state index is 0.183. The molecule has 0 aliphatic rings. The van der Waals surface area contributed by atoms with Gasteiger partial charge in [0.1, 0.15) is 5.82 Å². The molecule has 0 saturated heterocycles. The number of thiazole rings is 1. The molecule has 2 aromatic rings. The fourth-order valence-electron chi connectivity index (χ4n) is 1.20. The van der Waals surface area contributed by atoms with Crippen LogP contribution in [0.25, 0.3) is 0 Å². The molecule has 0 radical (unpaired) electrons. The van der Waals surface area contributed by atoms with Crippen molar-refractivity contribution in [2.75, 3.05) is 17.7 Å². The van der Waals surface area contributed by atoms with E-state index in [1.54, 1.807) is 12.4 Å². The first kappa shape index (κ1) is 10.6. The monoisotopic (exact) mass is 233 g/mol. The van der Waals surface area contributed by atoms with E-state index in [1.807, 2.05) is 30.3 Å². The molecule has 1 aromatic heterocycles. The molecule has 1 heterocycles. The second-order valence-corrected chi connectivity index (χ2v) is 3.97. The van der Waals surface area contributed by atoms with Crippen molar-refractivity contribution in [3.63, 3.8) is 0 Å². The van der Waals surface area contributed by atoms with Gasteiger partial charge < -0.3 is 10.6 Å². The van der Waals surface area contributed by atoms with Gasteiger partial charge in [-0.1, -0.05) is 18.2 Å². The molecule has 2 N–H and O–H groups in total. The van der Waals surface area contributed by atoms with Gasteiger partial charge in [-0.15, -0.1) is 11.3 Å². The first-order valence-electron chi connectivity index (χ1n) is 4.79. The van der Waals surface area contributed by atoms with Gasteiger partial charge in [-0.2, -0.15) is 0 Å². The summed E-state index contributed by atoms with van der Waals surface area (Å²) in [5.41, 5.74) is 0.772. The highest BCUT2D eigenvalue weighted by molar-refractivity contribution is 7.12. The number of para-hydroxylation sites is 1. The summed E-state index contributed by atoms with van der Waals surface area (Å²) in [6, 6.07) is 9.32. The van der Waals surface area contributed by atoms with E-state index in [9.17, 15) is 4.79 Å². The molecule has 5 heteroatoms. The normalized spacial score (nSPS) is 9.81. The van der Waals surface area contributed by atoms with E-state index < -0.39 is 0 Å². The number of nitrogens with zero attached hydrogens (tertiary/aromatic N) is 1. The molecule has 0 bridgehead atoms. The summed E-state index contributed by atoms with van der Waals surface area (Å²) in [5.74, 6) is 0.529.